The van der Waals surface area contributed by atoms with E-state index in [1.54, 1.807) is 19.2 Å². The van der Waals surface area contributed by atoms with Crippen LogP contribution in [0.25, 0.3) is 0 Å². The number of guanidine groups is 1. The molecule has 1 aromatic carbocycles. The van der Waals surface area contributed by atoms with Crippen molar-refractivity contribution < 1.29 is 17.9 Å². The summed E-state index contributed by atoms with van der Waals surface area (Å²) in [6.45, 7) is 1.94. The van der Waals surface area contributed by atoms with Crippen molar-refractivity contribution in [1.29, 1.82) is 0 Å². The van der Waals surface area contributed by atoms with Gasteiger partial charge in [0.05, 0.1) is 13.2 Å². The number of aliphatic imine (C=N–C) groups is 1. The monoisotopic (exact) mass is 424 g/mol. The quantitative estimate of drug-likeness (QED) is 0.528. The maximum Gasteiger partial charge on any atom is 0.411 e. The van der Waals surface area contributed by atoms with Crippen LogP contribution in [0.1, 0.15) is 36.1 Å². The summed E-state index contributed by atoms with van der Waals surface area (Å²) < 4.78 is 43.3. The second-order valence-corrected chi connectivity index (χ2v) is 7.21. The third-order valence-electron chi connectivity index (χ3n) is 4.77. The molecule has 0 radical (unpaired) electrons. The Balaban J connectivity index is 1.49. The van der Waals surface area contributed by atoms with Gasteiger partial charge < -0.3 is 15.4 Å². The van der Waals surface area contributed by atoms with Crippen LogP contribution in [0.5, 0.6) is 0 Å². The maximum absolute atomic E-state index is 12.2. The van der Waals surface area contributed by atoms with E-state index in [1.165, 1.54) is 0 Å². The number of nitrogens with zero attached hydrogens (tertiary/aromatic N) is 4. The lowest BCUT2D eigenvalue weighted by atomic mass is 10.1. The maximum atomic E-state index is 12.2. The standard InChI is InChI=1S/C20H27F3N6O/c1-3-17-27-18-8-7-16(11-29(18)28-17)26-19(24-2)25-10-14-5-4-6-15(9-14)12-30-13-20(21,22)23/h4-6,9,16H,3,7-8,10-13H2,1-2H3,(H2,24,25,26). The van der Waals surface area contributed by atoms with E-state index in [9.17, 15) is 13.2 Å². The van der Waals surface area contributed by atoms with Crippen LogP contribution < -0.4 is 10.6 Å². The van der Waals surface area contributed by atoms with E-state index < -0.39 is 12.8 Å². The van der Waals surface area contributed by atoms with Gasteiger partial charge in [-0.05, 0) is 17.5 Å². The molecular formula is C20H27F3N6O. The first-order chi connectivity index (χ1) is 14.4. The van der Waals surface area contributed by atoms with Crippen LogP contribution in [0.4, 0.5) is 13.2 Å². The molecule has 0 bridgehead atoms. The van der Waals surface area contributed by atoms with Gasteiger partial charge in [0.15, 0.2) is 11.8 Å². The molecule has 10 heteroatoms. The van der Waals surface area contributed by atoms with E-state index in [2.05, 4.69) is 25.7 Å². The molecule has 0 saturated carbocycles. The van der Waals surface area contributed by atoms with Crippen molar-refractivity contribution in [3.05, 3.63) is 47.0 Å². The summed E-state index contributed by atoms with van der Waals surface area (Å²) in [5.74, 6) is 2.56. The molecule has 0 fully saturated rings. The topological polar surface area (TPSA) is 76.4 Å². The molecule has 0 amide bonds. The number of aryl methyl sites for hydroxylation is 2. The van der Waals surface area contributed by atoms with Gasteiger partial charge in [-0.2, -0.15) is 18.3 Å². The van der Waals surface area contributed by atoms with Gasteiger partial charge in [-0.25, -0.2) is 9.67 Å². The molecule has 1 aliphatic heterocycles. The first-order valence-corrected chi connectivity index (χ1v) is 9.98. The zero-order valence-corrected chi connectivity index (χ0v) is 17.2. The van der Waals surface area contributed by atoms with Crippen LogP contribution >= 0.6 is 0 Å². The Morgan fingerprint density at radius 3 is 2.87 bits per heavy atom. The van der Waals surface area contributed by atoms with Crippen molar-refractivity contribution >= 4 is 5.96 Å². The van der Waals surface area contributed by atoms with Gasteiger partial charge >= 0.3 is 6.18 Å². The number of fused-ring (bicyclic) bond motifs is 1. The highest BCUT2D eigenvalue weighted by atomic mass is 19.4. The van der Waals surface area contributed by atoms with Crippen molar-refractivity contribution in [3.63, 3.8) is 0 Å². The van der Waals surface area contributed by atoms with Gasteiger partial charge in [0.1, 0.15) is 12.4 Å². The number of ether oxygens (including phenoxy) is 1. The average Bonchev–Trinajstić information content (AvgIpc) is 3.13. The largest absolute Gasteiger partial charge is 0.411 e. The fourth-order valence-electron chi connectivity index (χ4n) is 3.32. The Kier molecular flexibility index (Phi) is 7.30. The summed E-state index contributed by atoms with van der Waals surface area (Å²) in [6.07, 6.45) is -1.70. The molecule has 3 rings (SSSR count). The van der Waals surface area contributed by atoms with Crippen LogP contribution in [0.15, 0.2) is 29.3 Å². The summed E-state index contributed by atoms with van der Waals surface area (Å²) >= 11 is 0. The Labute approximate surface area is 173 Å². The molecule has 0 saturated heterocycles. The van der Waals surface area contributed by atoms with Crippen molar-refractivity contribution in [2.24, 2.45) is 4.99 Å². The highest BCUT2D eigenvalue weighted by molar-refractivity contribution is 5.79. The lowest BCUT2D eigenvalue weighted by Gasteiger charge is -2.25. The van der Waals surface area contributed by atoms with E-state index in [1.807, 2.05) is 23.7 Å². The molecule has 1 atom stereocenters. The van der Waals surface area contributed by atoms with E-state index in [0.717, 1.165) is 43.0 Å². The summed E-state index contributed by atoms with van der Waals surface area (Å²) in [5.41, 5.74) is 1.63. The van der Waals surface area contributed by atoms with Gasteiger partial charge in [0.2, 0.25) is 0 Å². The van der Waals surface area contributed by atoms with Gasteiger partial charge in [-0.15, -0.1) is 0 Å². The van der Waals surface area contributed by atoms with Crippen molar-refractivity contribution in [1.82, 2.24) is 25.4 Å². The second kappa shape index (κ2) is 9.92. The second-order valence-electron chi connectivity index (χ2n) is 7.21. The van der Waals surface area contributed by atoms with Crippen LogP contribution in [-0.2, 0) is 37.3 Å². The normalized spacial score (nSPS) is 17.0. The number of hydrogen-bond donors (Lipinski definition) is 2. The predicted octanol–water partition coefficient (Wildman–Crippen LogP) is 2.60. The number of benzene rings is 1. The highest BCUT2D eigenvalue weighted by Gasteiger charge is 2.27. The van der Waals surface area contributed by atoms with Gasteiger partial charge in [-0.1, -0.05) is 31.2 Å². The molecular weight excluding hydrogens is 397 g/mol. The van der Waals surface area contributed by atoms with Crippen molar-refractivity contribution in [3.8, 4) is 0 Å². The number of halogens is 3. The fourth-order valence-corrected chi connectivity index (χ4v) is 3.32. The van der Waals surface area contributed by atoms with Crippen LogP contribution in [0.2, 0.25) is 0 Å². The number of nitrogens with one attached hydrogen (secondary N) is 2. The molecule has 0 aliphatic carbocycles. The molecule has 1 aromatic heterocycles. The van der Waals surface area contributed by atoms with E-state index in [4.69, 9.17) is 4.74 Å². The number of hydrogen-bond acceptors (Lipinski definition) is 4. The van der Waals surface area contributed by atoms with Crippen molar-refractivity contribution in [2.75, 3.05) is 13.7 Å². The Morgan fingerprint density at radius 1 is 1.33 bits per heavy atom. The zero-order valence-electron chi connectivity index (χ0n) is 17.2. The van der Waals surface area contributed by atoms with Crippen LogP contribution in [-0.4, -0.2) is 46.6 Å². The fraction of sp³-hybridized carbons (Fsp3) is 0.550. The van der Waals surface area contributed by atoms with Crippen LogP contribution in [0.3, 0.4) is 0 Å². The lowest BCUT2D eigenvalue weighted by Crippen LogP contribution is -2.46. The summed E-state index contributed by atoms with van der Waals surface area (Å²) in [4.78, 5) is 8.80. The zero-order chi connectivity index (χ0) is 21.6. The Bertz CT molecular complexity index is 864. The molecule has 1 aliphatic rings. The first kappa shape index (κ1) is 22.1. The molecule has 2 aromatic rings. The smallest absolute Gasteiger partial charge is 0.367 e. The minimum atomic E-state index is -4.32. The van der Waals surface area contributed by atoms with E-state index >= 15 is 0 Å². The Hall–Kier alpha value is -2.62. The van der Waals surface area contributed by atoms with Crippen LogP contribution in [0, 0.1) is 0 Å². The Morgan fingerprint density at radius 2 is 2.13 bits per heavy atom. The SMILES string of the molecule is CCc1nc2n(n1)CC(NC(=NC)NCc1cccc(COCC(F)(F)F)c1)CC2. The molecule has 2 heterocycles. The number of aromatic nitrogens is 3. The molecule has 7 nitrogen and oxygen atoms in total. The molecule has 164 valence electrons. The summed E-state index contributed by atoms with van der Waals surface area (Å²) in [6, 6.07) is 7.47. The van der Waals surface area contributed by atoms with Gasteiger partial charge in [0.25, 0.3) is 0 Å². The number of alkyl halides is 3. The average molecular weight is 424 g/mol. The summed E-state index contributed by atoms with van der Waals surface area (Å²) in [5, 5.41) is 11.2. The molecule has 1 unspecified atom stereocenters. The van der Waals surface area contributed by atoms with Gasteiger partial charge in [0, 0.05) is 32.5 Å². The lowest BCUT2D eigenvalue weighted by molar-refractivity contribution is -0.176. The first-order valence-electron chi connectivity index (χ1n) is 9.98. The third kappa shape index (κ3) is 6.45. The minimum Gasteiger partial charge on any atom is -0.367 e. The number of rotatable bonds is 7. The minimum absolute atomic E-state index is 0.0810. The molecule has 2 N–H and O–H groups in total. The third-order valence-corrected chi connectivity index (χ3v) is 4.77. The highest BCUT2D eigenvalue weighted by Crippen LogP contribution is 2.16. The van der Waals surface area contributed by atoms with E-state index in [0.29, 0.717) is 18.1 Å². The van der Waals surface area contributed by atoms with Crippen molar-refractivity contribution in [2.45, 2.75) is 58.1 Å². The molecule has 30 heavy (non-hydrogen) atoms. The summed E-state index contributed by atoms with van der Waals surface area (Å²) in [7, 11) is 1.70. The van der Waals surface area contributed by atoms with E-state index in [-0.39, 0.29) is 12.6 Å². The van der Waals surface area contributed by atoms with Gasteiger partial charge in [-0.3, -0.25) is 4.99 Å². The molecule has 0 spiro atoms. The predicted molar refractivity (Wildman–Crippen MR) is 107 cm³/mol.